The maximum atomic E-state index is 10.6. The molecule has 2 rings (SSSR count). The molecule has 0 aliphatic carbocycles. The largest absolute Gasteiger partial charge is 0.481 e. The van der Waals surface area contributed by atoms with Crippen molar-refractivity contribution in [3.05, 3.63) is 48.0 Å². The van der Waals surface area contributed by atoms with E-state index in [0.717, 1.165) is 16.9 Å². The highest BCUT2D eigenvalue weighted by Gasteiger charge is 2.02. The summed E-state index contributed by atoms with van der Waals surface area (Å²) < 4.78 is 1.88. The van der Waals surface area contributed by atoms with E-state index >= 15 is 0 Å². The van der Waals surface area contributed by atoms with Crippen LogP contribution in [-0.2, 0) is 11.2 Å². The standard InChI is InChI=1S/C12H12N2O2/c1-9-7-14(8-13-9)11-4-2-3-10(5-11)6-12(15)16/h2-5,7-8H,6H2,1H3,(H,15,16). The Bertz CT molecular complexity index is 517. The lowest BCUT2D eigenvalue weighted by Crippen LogP contribution is -2.01. The SMILES string of the molecule is Cc1cn(-c2cccc(CC(=O)O)c2)cn1. The highest BCUT2D eigenvalue weighted by atomic mass is 16.4. The Hall–Kier alpha value is -2.10. The molecule has 0 fully saturated rings. The summed E-state index contributed by atoms with van der Waals surface area (Å²) in [5, 5.41) is 8.71. The van der Waals surface area contributed by atoms with Crippen molar-refractivity contribution in [2.75, 3.05) is 0 Å². The van der Waals surface area contributed by atoms with Crippen LogP contribution >= 0.6 is 0 Å². The number of aliphatic carboxylic acids is 1. The highest BCUT2D eigenvalue weighted by molar-refractivity contribution is 5.70. The zero-order valence-electron chi connectivity index (χ0n) is 8.92. The van der Waals surface area contributed by atoms with Crippen LogP contribution in [0.3, 0.4) is 0 Å². The average Bonchev–Trinajstić information content (AvgIpc) is 2.64. The molecule has 82 valence electrons. The van der Waals surface area contributed by atoms with Crippen molar-refractivity contribution >= 4 is 5.97 Å². The Morgan fingerprint density at radius 1 is 1.50 bits per heavy atom. The summed E-state index contributed by atoms with van der Waals surface area (Å²) >= 11 is 0. The first-order chi connectivity index (χ1) is 7.65. The molecule has 1 heterocycles. The predicted octanol–water partition coefficient (Wildman–Crippen LogP) is 1.81. The molecule has 0 aliphatic heterocycles. The van der Waals surface area contributed by atoms with Gasteiger partial charge < -0.3 is 9.67 Å². The quantitative estimate of drug-likeness (QED) is 0.851. The lowest BCUT2D eigenvalue weighted by atomic mass is 10.1. The van der Waals surface area contributed by atoms with E-state index in [-0.39, 0.29) is 6.42 Å². The van der Waals surface area contributed by atoms with E-state index in [1.807, 2.05) is 35.9 Å². The molecule has 2 aromatic rings. The van der Waals surface area contributed by atoms with Gasteiger partial charge in [-0.25, -0.2) is 4.98 Å². The zero-order valence-corrected chi connectivity index (χ0v) is 8.92. The number of hydrogen-bond donors (Lipinski definition) is 1. The minimum Gasteiger partial charge on any atom is -0.481 e. The fourth-order valence-electron chi connectivity index (χ4n) is 1.56. The second-order valence-corrected chi connectivity index (χ2v) is 3.66. The van der Waals surface area contributed by atoms with Gasteiger partial charge >= 0.3 is 5.97 Å². The Morgan fingerprint density at radius 3 is 2.94 bits per heavy atom. The summed E-state index contributed by atoms with van der Waals surface area (Å²) in [5.41, 5.74) is 2.65. The van der Waals surface area contributed by atoms with E-state index in [9.17, 15) is 4.79 Å². The van der Waals surface area contributed by atoms with Gasteiger partial charge in [0, 0.05) is 11.9 Å². The van der Waals surface area contributed by atoms with Crippen LogP contribution in [0.15, 0.2) is 36.8 Å². The Kier molecular flexibility index (Phi) is 2.72. The molecule has 0 unspecified atom stereocenters. The Balaban J connectivity index is 2.32. The zero-order chi connectivity index (χ0) is 11.5. The topological polar surface area (TPSA) is 55.1 Å². The first kappa shape index (κ1) is 10.4. The first-order valence-corrected chi connectivity index (χ1v) is 4.97. The number of benzene rings is 1. The van der Waals surface area contributed by atoms with Crippen LogP contribution in [-0.4, -0.2) is 20.6 Å². The number of imidazole rings is 1. The van der Waals surface area contributed by atoms with Gasteiger partial charge in [-0.3, -0.25) is 4.79 Å². The number of carbonyl (C=O) groups is 1. The molecule has 0 amide bonds. The Morgan fingerprint density at radius 2 is 2.31 bits per heavy atom. The molecule has 0 radical (unpaired) electrons. The van der Waals surface area contributed by atoms with Gasteiger partial charge in [0.25, 0.3) is 0 Å². The summed E-state index contributed by atoms with van der Waals surface area (Å²) in [6.07, 6.45) is 3.66. The van der Waals surface area contributed by atoms with Crippen molar-refractivity contribution in [1.82, 2.24) is 9.55 Å². The van der Waals surface area contributed by atoms with E-state index in [0.29, 0.717) is 0 Å². The van der Waals surface area contributed by atoms with E-state index in [2.05, 4.69) is 4.98 Å². The van der Waals surface area contributed by atoms with Crippen molar-refractivity contribution in [3.8, 4) is 5.69 Å². The molecule has 0 saturated carbocycles. The molecular formula is C12H12N2O2. The maximum Gasteiger partial charge on any atom is 0.307 e. The molecule has 4 nitrogen and oxygen atoms in total. The van der Waals surface area contributed by atoms with E-state index < -0.39 is 5.97 Å². The van der Waals surface area contributed by atoms with Gasteiger partial charge in [-0.1, -0.05) is 12.1 Å². The lowest BCUT2D eigenvalue weighted by Gasteiger charge is -2.03. The molecule has 0 atom stereocenters. The number of aryl methyl sites for hydroxylation is 1. The van der Waals surface area contributed by atoms with Crippen molar-refractivity contribution in [2.45, 2.75) is 13.3 Å². The minimum absolute atomic E-state index is 0.0432. The molecule has 0 bridgehead atoms. The average molecular weight is 216 g/mol. The van der Waals surface area contributed by atoms with E-state index in [4.69, 9.17) is 5.11 Å². The molecule has 16 heavy (non-hydrogen) atoms. The number of aromatic nitrogens is 2. The molecule has 1 aromatic carbocycles. The fourth-order valence-corrected chi connectivity index (χ4v) is 1.56. The third-order valence-electron chi connectivity index (χ3n) is 2.28. The molecule has 4 heteroatoms. The monoisotopic (exact) mass is 216 g/mol. The summed E-state index contributed by atoms with van der Waals surface area (Å²) in [4.78, 5) is 14.7. The van der Waals surface area contributed by atoms with Crippen LogP contribution < -0.4 is 0 Å². The van der Waals surface area contributed by atoms with Gasteiger partial charge in [0.15, 0.2) is 0 Å². The smallest absolute Gasteiger partial charge is 0.307 e. The molecule has 0 aliphatic rings. The summed E-state index contributed by atoms with van der Waals surface area (Å²) in [5.74, 6) is -0.820. The first-order valence-electron chi connectivity index (χ1n) is 4.97. The van der Waals surface area contributed by atoms with Crippen molar-refractivity contribution in [1.29, 1.82) is 0 Å². The maximum absolute atomic E-state index is 10.6. The molecule has 0 spiro atoms. The minimum atomic E-state index is -0.820. The number of carboxylic acid groups (broad SMARTS) is 1. The summed E-state index contributed by atoms with van der Waals surface area (Å²) in [7, 11) is 0. The van der Waals surface area contributed by atoms with Crippen LogP contribution in [0.25, 0.3) is 5.69 Å². The van der Waals surface area contributed by atoms with Crippen molar-refractivity contribution in [3.63, 3.8) is 0 Å². The van der Waals surface area contributed by atoms with Gasteiger partial charge in [-0.05, 0) is 24.6 Å². The van der Waals surface area contributed by atoms with Crippen LogP contribution in [0.1, 0.15) is 11.3 Å². The second kappa shape index (κ2) is 4.18. The van der Waals surface area contributed by atoms with Gasteiger partial charge in [-0.15, -0.1) is 0 Å². The van der Waals surface area contributed by atoms with Crippen molar-refractivity contribution < 1.29 is 9.90 Å². The van der Waals surface area contributed by atoms with Crippen LogP contribution in [0.2, 0.25) is 0 Å². The highest BCUT2D eigenvalue weighted by Crippen LogP contribution is 2.11. The Labute approximate surface area is 93.2 Å². The van der Waals surface area contributed by atoms with Crippen LogP contribution in [0.5, 0.6) is 0 Å². The second-order valence-electron chi connectivity index (χ2n) is 3.66. The summed E-state index contributed by atoms with van der Waals surface area (Å²) in [6, 6.07) is 7.44. The number of rotatable bonds is 3. The van der Waals surface area contributed by atoms with Crippen molar-refractivity contribution in [2.24, 2.45) is 0 Å². The number of carboxylic acids is 1. The predicted molar refractivity (Wildman–Crippen MR) is 59.6 cm³/mol. The van der Waals surface area contributed by atoms with Crippen LogP contribution in [0.4, 0.5) is 0 Å². The lowest BCUT2D eigenvalue weighted by molar-refractivity contribution is -0.136. The normalized spacial score (nSPS) is 10.3. The fraction of sp³-hybridized carbons (Fsp3) is 0.167. The summed E-state index contributed by atoms with van der Waals surface area (Å²) in [6.45, 7) is 1.91. The number of hydrogen-bond acceptors (Lipinski definition) is 2. The van der Waals surface area contributed by atoms with Crippen LogP contribution in [0, 0.1) is 6.92 Å². The van der Waals surface area contributed by atoms with E-state index in [1.165, 1.54) is 0 Å². The third-order valence-corrected chi connectivity index (χ3v) is 2.28. The van der Waals surface area contributed by atoms with Gasteiger partial charge in [0.1, 0.15) is 0 Å². The van der Waals surface area contributed by atoms with Gasteiger partial charge in [0.05, 0.1) is 18.4 Å². The van der Waals surface area contributed by atoms with Gasteiger partial charge in [-0.2, -0.15) is 0 Å². The molecule has 1 aromatic heterocycles. The number of nitrogens with zero attached hydrogens (tertiary/aromatic N) is 2. The molecule has 0 saturated heterocycles. The third kappa shape index (κ3) is 2.28. The van der Waals surface area contributed by atoms with E-state index in [1.54, 1.807) is 12.4 Å². The molecular weight excluding hydrogens is 204 g/mol. The van der Waals surface area contributed by atoms with Gasteiger partial charge in [0.2, 0.25) is 0 Å². The molecule has 1 N–H and O–H groups in total.